The summed E-state index contributed by atoms with van der Waals surface area (Å²) in [6.07, 6.45) is 5.50. The summed E-state index contributed by atoms with van der Waals surface area (Å²) in [6, 6.07) is 2.62. The fraction of sp³-hybridized carbons (Fsp3) is 0.500. The second kappa shape index (κ2) is 3.55. The maximum absolute atomic E-state index is 4.13. The van der Waals surface area contributed by atoms with Crippen molar-refractivity contribution in [3.63, 3.8) is 0 Å². The number of anilines is 1. The Labute approximate surface area is 85.1 Å². The fourth-order valence-electron chi connectivity index (χ4n) is 1.17. The van der Waals surface area contributed by atoms with E-state index in [2.05, 4.69) is 37.9 Å². The van der Waals surface area contributed by atoms with Crippen LogP contribution >= 0.6 is 22.6 Å². The molecule has 1 heterocycles. The topological polar surface area (TPSA) is 37.8 Å². The number of halogens is 1. The first-order valence-electron chi connectivity index (χ1n) is 4.09. The molecule has 0 aliphatic heterocycles. The molecule has 1 aromatic heterocycles. The van der Waals surface area contributed by atoms with Crippen molar-refractivity contribution in [2.75, 3.05) is 5.32 Å². The Morgan fingerprint density at radius 3 is 2.83 bits per heavy atom. The van der Waals surface area contributed by atoms with Crippen LogP contribution in [0.3, 0.4) is 0 Å². The molecule has 1 aliphatic carbocycles. The van der Waals surface area contributed by atoms with Crippen molar-refractivity contribution in [2.45, 2.75) is 25.3 Å². The van der Waals surface area contributed by atoms with Gasteiger partial charge in [-0.2, -0.15) is 0 Å². The Kier molecular flexibility index (Phi) is 2.43. The van der Waals surface area contributed by atoms with Gasteiger partial charge in [-0.05, 0) is 41.9 Å². The summed E-state index contributed by atoms with van der Waals surface area (Å²) in [7, 11) is 0. The molecule has 1 N–H and O–H groups in total. The van der Waals surface area contributed by atoms with E-state index in [1.54, 1.807) is 6.33 Å². The van der Waals surface area contributed by atoms with Crippen LogP contribution in [0.1, 0.15) is 19.3 Å². The van der Waals surface area contributed by atoms with Crippen LogP contribution in [0.15, 0.2) is 12.4 Å². The van der Waals surface area contributed by atoms with Gasteiger partial charge in [0.25, 0.3) is 0 Å². The summed E-state index contributed by atoms with van der Waals surface area (Å²) in [4.78, 5) is 8.16. The third-order valence-corrected chi connectivity index (χ3v) is 2.68. The summed E-state index contributed by atoms with van der Waals surface area (Å²) >= 11 is 2.19. The second-order valence-corrected chi connectivity index (χ2v) is 4.10. The van der Waals surface area contributed by atoms with Crippen LogP contribution in [0.4, 0.5) is 5.82 Å². The van der Waals surface area contributed by atoms with Crippen molar-refractivity contribution < 1.29 is 0 Å². The van der Waals surface area contributed by atoms with Gasteiger partial charge in [0.15, 0.2) is 0 Å². The number of nitrogens with one attached hydrogen (secondary N) is 1. The van der Waals surface area contributed by atoms with E-state index >= 15 is 0 Å². The van der Waals surface area contributed by atoms with Crippen molar-refractivity contribution in [3.8, 4) is 0 Å². The highest BCUT2D eigenvalue weighted by Crippen LogP contribution is 2.22. The van der Waals surface area contributed by atoms with Crippen LogP contribution in [0.2, 0.25) is 0 Å². The molecule has 0 radical (unpaired) electrons. The number of hydrogen-bond acceptors (Lipinski definition) is 3. The highest BCUT2D eigenvalue weighted by Gasteiger charge is 2.16. The van der Waals surface area contributed by atoms with E-state index in [-0.39, 0.29) is 0 Å². The lowest BCUT2D eigenvalue weighted by Gasteiger charge is -2.26. The van der Waals surface area contributed by atoms with Gasteiger partial charge in [-0.1, -0.05) is 0 Å². The zero-order chi connectivity index (χ0) is 8.39. The molecule has 4 heteroatoms. The monoisotopic (exact) mass is 275 g/mol. The highest BCUT2D eigenvalue weighted by molar-refractivity contribution is 14.1. The first kappa shape index (κ1) is 8.22. The van der Waals surface area contributed by atoms with Gasteiger partial charge < -0.3 is 5.32 Å². The second-order valence-electron chi connectivity index (χ2n) is 3.00. The van der Waals surface area contributed by atoms with E-state index in [1.165, 1.54) is 19.3 Å². The molecule has 1 aliphatic rings. The quantitative estimate of drug-likeness (QED) is 0.663. The first-order valence-corrected chi connectivity index (χ1v) is 5.16. The van der Waals surface area contributed by atoms with E-state index in [9.17, 15) is 0 Å². The summed E-state index contributed by atoms with van der Waals surface area (Å²) in [6.45, 7) is 0. The lowest BCUT2D eigenvalue weighted by Crippen LogP contribution is -2.27. The van der Waals surface area contributed by atoms with Gasteiger partial charge in [0.1, 0.15) is 15.8 Å². The average Bonchev–Trinajstić information content (AvgIpc) is 1.97. The summed E-state index contributed by atoms with van der Waals surface area (Å²) < 4.78 is 0.990. The number of hydrogen-bond donors (Lipinski definition) is 1. The number of rotatable bonds is 2. The lowest BCUT2D eigenvalue weighted by atomic mass is 9.93. The Balaban J connectivity index is 2.02. The van der Waals surface area contributed by atoms with E-state index < -0.39 is 0 Å². The average molecular weight is 275 g/mol. The maximum atomic E-state index is 4.13. The van der Waals surface area contributed by atoms with Crippen molar-refractivity contribution >= 4 is 28.4 Å². The van der Waals surface area contributed by atoms with Crippen LogP contribution in [0, 0.1) is 3.70 Å². The third-order valence-electron chi connectivity index (χ3n) is 2.09. The molecule has 1 fully saturated rings. The fourth-order valence-corrected chi connectivity index (χ4v) is 1.59. The predicted octanol–water partition coefficient (Wildman–Crippen LogP) is 2.05. The SMILES string of the molecule is Ic1cc(NC2CCC2)ncn1. The van der Waals surface area contributed by atoms with Gasteiger partial charge in [0.2, 0.25) is 0 Å². The molecule has 2 rings (SSSR count). The Morgan fingerprint density at radius 1 is 1.42 bits per heavy atom. The molecule has 64 valence electrons. The van der Waals surface area contributed by atoms with Gasteiger partial charge in [-0.15, -0.1) is 0 Å². The van der Waals surface area contributed by atoms with Crippen molar-refractivity contribution in [1.82, 2.24) is 9.97 Å². The van der Waals surface area contributed by atoms with E-state index in [0.717, 1.165) is 9.52 Å². The molecule has 0 bridgehead atoms. The molecule has 0 atom stereocenters. The molecule has 12 heavy (non-hydrogen) atoms. The van der Waals surface area contributed by atoms with Crippen LogP contribution in [-0.4, -0.2) is 16.0 Å². The Morgan fingerprint density at radius 2 is 2.25 bits per heavy atom. The van der Waals surface area contributed by atoms with Gasteiger partial charge in [-0.25, -0.2) is 9.97 Å². The van der Waals surface area contributed by atoms with Crippen molar-refractivity contribution in [2.24, 2.45) is 0 Å². The molecule has 0 amide bonds. The Hall–Kier alpha value is -0.390. The minimum absolute atomic E-state index is 0.649. The van der Waals surface area contributed by atoms with E-state index in [1.807, 2.05) is 6.07 Å². The molecule has 0 saturated heterocycles. The standard InChI is InChI=1S/C8H10IN3/c9-7-4-8(11-5-10-7)12-6-2-1-3-6/h4-6H,1-3H2,(H,10,11,12). The smallest absolute Gasteiger partial charge is 0.130 e. The molecular weight excluding hydrogens is 265 g/mol. The first-order chi connectivity index (χ1) is 5.84. The van der Waals surface area contributed by atoms with E-state index in [0.29, 0.717) is 6.04 Å². The highest BCUT2D eigenvalue weighted by atomic mass is 127. The molecule has 0 spiro atoms. The van der Waals surface area contributed by atoms with Crippen LogP contribution in [0.25, 0.3) is 0 Å². The molecule has 0 unspecified atom stereocenters. The largest absolute Gasteiger partial charge is 0.367 e. The van der Waals surface area contributed by atoms with Crippen LogP contribution in [0.5, 0.6) is 0 Å². The number of nitrogens with zero attached hydrogens (tertiary/aromatic N) is 2. The predicted molar refractivity (Wildman–Crippen MR) is 56.0 cm³/mol. The van der Waals surface area contributed by atoms with Gasteiger partial charge in [-0.3, -0.25) is 0 Å². The molecular formula is C8H10IN3. The van der Waals surface area contributed by atoms with Crippen LogP contribution < -0.4 is 5.32 Å². The van der Waals surface area contributed by atoms with Crippen molar-refractivity contribution in [3.05, 3.63) is 16.1 Å². The maximum Gasteiger partial charge on any atom is 0.130 e. The van der Waals surface area contributed by atoms with Crippen molar-refractivity contribution in [1.29, 1.82) is 0 Å². The zero-order valence-corrected chi connectivity index (χ0v) is 8.78. The lowest BCUT2D eigenvalue weighted by molar-refractivity contribution is 0.444. The normalized spacial score (nSPS) is 17.1. The third kappa shape index (κ3) is 1.85. The molecule has 1 saturated carbocycles. The molecule has 1 aromatic rings. The summed E-state index contributed by atoms with van der Waals surface area (Å²) in [5, 5.41) is 3.36. The summed E-state index contributed by atoms with van der Waals surface area (Å²) in [5.74, 6) is 0.958. The Bertz CT molecular complexity index is 273. The van der Waals surface area contributed by atoms with Gasteiger partial charge in [0, 0.05) is 12.1 Å². The molecule has 3 nitrogen and oxygen atoms in total. The van der Waals surface area contributed by atoms with Gasteiger partial charge in [0.05, 0.1) is 0 Å². The minimum atomic E-state index is 0.649. The number of aromatic nitrogens is 2. The van der Waals surface area contributed by atoms with Gasteiger partial charge >= 0.3 is 0 Å². The van der Waals surface area contributed by atoms with Crippen LogP contribution in [-0.2, 0) is 0 Å². The summed E-state index contributed by atoms with van der Waals surface area (Å²) in [5.41, 5.74) is 0. The molecule has 0 aromatic carbocycles. The van der Waals surface area contributed by atoms with E-state index in [4.69, 9.17) is 0 Å². The minimum Gasteiger partial charge on any atom is -0.367 e. The zero-order valence-electron chi connectivity index (χ0n) is 6.63.